The summed E-state index contributed by atoms with van der Waals surface area (Å²) in [5.41, 5.74) is 0. The van der Waals surface area contributed by atoms with Crippen molar-refractivity contribution in [2.24, 2.45) is 0 Å². The van der Waals surface area contributed by atoms with E-state index in [-0.39, 0.29) is 6.10 Å². The fourth-order valence-corrected chi connectivity index (χ4v) is 2.10. The largest absolute Gasteiger partial charge is 0.393 e. The minimum absolute atomic E-state index is 0.252. The van der Waals surface area contributed by atoms with Gasteiger partial charge in [-0.05, 0) is 26.2 Å². The minimum Gasteiger partial charge on any atom is -0.393 e. The van der Waals surface area contributed by atoms with Crippen LogP contribution in [0.4, 0.5) is 0 Å². The lowest BCUT2D eigenvalue weighted by Gasteiger charge is -2.26. The molecule has 0 aromatic rings. The maximum absolute atomic E-state index is 9.20. The molecule has 0 saturated heterocycles. The molecule has 80 valence electrons. The molecular weight excluding hydrogens is 176 g/mol. The molecule has 3 heteroatoms. The van der Waals surface area contributed by atoms with Crippen LogP contribution in [-0.4, -0.2) is 35.2 Å². The van der Waals surface area contributed by atoms with E-state index in [9.17, 15) is 5.11 Å². The van der Waals surface area contributed by atoms with Gasteiger partial charge >= 0.3 is 0 Å². The van der Waals surface area contributed by atoms with E-state index < -0.39 is 0 Å². The maximum Gasteiger partial charge on any atom is 0.0868 e. The standard InChI is InChI=1S/C11H20N2O/c1-10(14)6-8-13(9-7-12)11-4-2-3-5-11/h10-11,14H,2-6,8-9H2,1H3. The van der Waals surface area contributed by atoms with E-state index in [1.165, 1.54) is 25.7 Å². The number of hydrogen-bond donors (Lipinski definition) is 1. The molecule has 1 aliphatic carbocycles. The molecule has 0 radical (unpaired) electrons. The predicted octanol–water partition coefficient (Wildman–Crippen LogP) is 1.53. The van der Waals surface area contributed by atoms with E-state index in [0.717, 1.165) is 13.0 Å². The molecule has 1 atom stereocenters. The molecule has 0 spiro atoms. The smallest absolute Gasteiger partial charge is 0.0868 e. The first kappa shape index (κ1) is 11.5. The number of nitrogens with zero attached hydrogens (tertiary/aromatic N) is 2. The van der Waals surface area contributed by atoms with Crippen molar-refractivity contribution in [3.63, 3.8) is 0 Å². The molecule has 14 heavy (non-hydrogen) atoms. The molecule has 0 heterocycles. The van der Waals surface area contributed by atoms with Gasteiger partial charge in [-0.1, -0.05) is 12.8 Å². The Kier molecular flexibility index (Phi) is 4.92. The fraction of sp³-hybridized carbons (Fsp3) is 0.909. The summed E-state index contributed by atoms with van der Waals surface area (Å²) in [5.74, 6) is 0. The summed E-state index contributed by atoms with van der Waals surface area (Å²) in [4.78, 5) is 2.22. The van der Waals surface area contributed by atoms with E-state index in [0.29, 0.717) is 12.6 Å². The lowest BCUT2D eigenvalue weighted by atomic mass is 10.2. The Labute approximate surface area is 86.3 Å². The zero-order chi connectivity index (χ0) is 10.4. The molecule has 1 aliphatic rings. The van der Waals surface area contributed by atoms with Crippen LogP contribution in [0, 0.1) is 11.3 Å². The van der Waals surface area contributed by atoms with E-state index in [1.807, 2.05) is 0 Å². The Balaban J connectivity index is 2.34. The van der Waals surface area contributed by atoms with Crippen LogP contribution in [0.3, 0.4) is 0 Å². The summed E-state index contributed by atoms with van der Waals surface area (Å²) >= 11 is 0. The second-order valence-corrected chi connectivity index (χ2v) is 4.20. The third kappa shape index (κ3) is 3.65. The van der Waals surface area contributed by atoms with Crippen molar-refractivity contribution in [2.45, 2.75) is 51.2 Å². The van der Waals surface area contributed by atoms with E-state index in [4.69, 9.17) is 5.26 Å². The van der Waals surface area contributed by atoms with Gasteiger partial charge in [-0.3, -0.25) is 4.90 Å². The normalized spacial score (nSPS) is 19.9. The second kappa shape index (κ2) is 6.00. The lowest BCUT2D eigenvalue weighted by Crippen LogP contribution is -2.35. The first-order valence-electron chi connectivity index (χ1n) is 5.53. The maximum atomic E-state index is 9.20. The van der Waals surface area contributed by atoms with Crippen LogP contribution in [0.15, 0.2) is 0 Å². The second-order valence-electron chi connectivity index (χ2n) is 4.20. The Morgan fingerprint density at radius 3 is 2.64 bits per heavy atom. The molecule has 0 amide bonds. The zero-order valence-electron chi connectivity index (χ0n) is 8.95. The van der Waals surface area contributed by atoms with Crippen LogP contribution in [0.5, 0.6) is 0 Å². The van der Waals surface area contributed by atoms with Crippen molar-refractivity contribution < 1.29 is 5.11 Å². The molecule has 3 nitrogen and oxygen atoms in total. The van der Waals surface area contributed by atoms with Crippen molar-refractivity contribution in [1.82, 2.24) is 4.90 Å². The van der Waals surface area contributed by atoms with Gasteiger partial charge in [0.25, 0.3) is 0 Å². The third-order valence-corrected chi connectivity index (χ3v) is 2.95. The summed E-state index contributed by atoms with van der Waals surface area (Å²) in [6, 6.07) is 2.80. The number of nitriles is 1. The number of rotatable bonds is 5. The van der Waals surface area contributed by atoms with Gasteiger partial charge < -0.3 is 5.11 Å². The molecule has 1 saturated carbocycles. The molecule has 1 unspecified atom stereocenters. The SMILES string of the molecule is CC(O)CCN(CC#N)C1CCCC1. The fourth-order valence-electron chi connectivity index (χ4n) is 2.10. The molecule has 0 bridgehead atoms. The number of aliphatic hydroxyl groups excluding tert-OH is 1. The molecule has 1 N–H and O–H groups in total. The van der Waals surface area contributed by atoms with Crippen LogP contribution >= 0.6 is 0 Å². The van der Waals surface area contributed by atoms with Crippen LogP contribution in [0.2, 0.25) is 0 Å². The highest BCUT2D eigenvalue weighted by atomic mass is 16.3. The highest BCUT2D eigenvalue weighted by Crippen LogP contribution is 2.23. The Morgan fingerprint density at radius 2 is 2.14 bits per heavy atom. The van der Waals surface area contributed by atoms with E-state index in [1.54, 1.807) is 6.92 Å². The molecule has 1 fully saturated rings. The monoisotopic (exact) mass is 196 g/mol. The van der Waals surface area contributed by atoms with Crippen molar-refractivity contribution in [3.8, 4) is 6.07 Å². The summed E-state index contributed by atoms with van der Waals surface area (Å²) in [6.07, 6.45) is 5.56. The number of hydrogen-bond acceptors (Lipinski definition) is 3. The van der Waals surface area contributed by atoms with Gasteiger partial charge in [-0.2, -0.15) is 5.26 Å². The summed E-state index contributed by atoms with van der Waals surface area (Å²) in [5, 5.41) is 17.9. The Bertz CT molecular complexity index is 192. The van der Waals surface area contributed by atoms with E-state index in [2.05, 4.69) is 11.0 Å². The third-order valence-electron chi connectivity index (χ3n) is 2.95. The first-order valence-corrected chi connectivity index (χ1v) is 5.53. The topological polar surface area (TPSA) is 47.3 Å². The van der Waals surface area contributed by atoms with Crippen LogP contribution in [-0.2, 0) is 0 Å². The summed E-state index contributed by atoms with van der Waals surface area (Å²) < 4.78 is 0. The first-order chi connectivity index (χ1) is 6.74. The number of aliphatic hydroxyl groups is 1. The lowest BCUT2D eigenvalue weighted by molar-refractivity contribution is 0.143. The predicted molar refractivity (Wildman–Crippen MR) is 55.7 cm³/mol. The van der Waals surface area contributed by atoms with Gasteiger partial charge in [-0.15, -0.1) is 0 Å². The highest BCUT2D eigenvalue weighted by Gasteiger charge is 2.21. The van der Waals surface area contributed by atoms with Crippen LogP contribution in [0.25, 0.3) is 0 Å². The zero-order valence-corrected chi connectivity index (χ0v) is 8.95. The quantitative estimate of drug-likeness (QED) is 0.678. The molecular formula is C11H20N2O. The molecule has 0 aliphatic heterocycles. The molecule has 1 rings (SSSR count). The van der Waals surface area contributed by atoms with Crippen molar-refractivity contribution in [3.05, 3.63) is 0 Å². The van der Waals surface area contributed by atoms with Gasteiger partial charge in [0.1, 0.15) is 0 Å². The average molecular weight is 196 g/mol. The Hall–Kier alpha value is -0.590. The van der Waals surface area contributed by atoms with Gasteiger partial charge in [0.15, 0.2) is 0 Å². The van der Waals surface area contributed by atoms with Crippen LogP contribution in [0.1, 0.15) is 39.0 Å². The summed E-state index contributed by atoms with van der Waals surface area (Å²) in [6.45, 7) is 3.17. The summed E-state index contributed by atoms with van der Waals surface area (Å²) in [7, 11) is 0. The van der Waals surface area contributed by atoms with Crippen LogP contribution < -0.4 is 0 Å². The highest BCUT2D eigenvalue weighted by molar-refractivity contribution is 4.84. The van der Waals surface area contributed by atoms with Gasteiger partial charge in [-0.25, -0.2) is 0 Å². The van der Waals surface area contributed by atoms with Gasteiger partial charge in [0.2, 0.25) is 0 Å². The van der Waals surface area contributed by atoms with Crippen molar-refractivity contribution in [2.75, 3.05) is 13.1 Å². The van der Waals surface area contributed by atoms with Crippen molar-refractivity contribution >= 4 is 0 Å². The van der Waals surface area contributed by atoms with Crippen molar-refractivity contribution in [1.29, 1.82) is 5.26 Å². The average Bonchev–Trinajstić information content (AvgIpc) is 2.64. The molecule has 0 aromatic carbocycles. The van der Waals surface area contributed by atoms with Gasteiger partial charge in [0.05, 0.1) is 18.7 Å². The molecule has 0 aromatic heterocycles. The minimum atomic E-state index is -0.252. The van der Waals surface area contributed by atoms with E-state index >= 15 is 0 Å². The Morgan fingerprint density at radius 1 is 1.50 bits per heavy atom. The van der Waals surface area contributed by atoms with Gasteiger partial charge in [0, 0.05) is 12.6 Å².